The number of carbonyl (C=O) groups excluding carboxylic acids is 2. The van der Waals surface area contributed by atoms with Crippen LogP contribution in [-0.4, -0.2) is 38.3 Å². The summed E-state index contributed by atoms with van der Waals surface area (Å²) >= 11 is 0. The molecule has 0 bridgehead atoms. The van der Waals surface area contributed by atoms with Crippen LogP contribution in [0.4, 0.5) is 0 Å². The standard InChI is InChI=1S/C20H22N2O6S/c23-19(21-22-20(24)16-10-11-29(25,26)14-16)13-28-18-8-6-17(7-9-18)27-12-15-4-2-1-3-5-15/h1-9,16H,10-14H2,(H,21,23)(H,22,24)/t16-/m1/s1. The van der Waals surface area contributed by atoms with Crippen LogP contribution in [0.15, 0.2) is 54.6 Å². The molecule has 0 spiro atoms. The third-order valence-electron chi connectivity index (χ3n) is 4.37. The van der Waals surface area contributed by atoms with Gasteiger partial charge in [-0.2, -0.15) is 0 Å². The first-order valence-electron chi connectivity index (χ1n) is 9.10. The number of ether oxygens (including phenoxy) is 2. The van der Waals surface area contributed by atoms with E-state index in [4.69, 9.17) is 9.47 Å². The molecule has 0 radical (unpaired) electrons. The molecule has 0 aromatic heterocycles. The smallest absolute Gasteiger partial charge is 0.276 e. The summed E-state index contributed by atoms with van der Waals surface area (Å²) in [5, 5.41) is 0. The monoisotopic (exact) mass is 418 g/mol. The number of benzene rings is 2. The first kappa shape index (κ1) is 20.7. The van der Waals surface area contributed by atoms with Gasteiger partial charge in [-0.05, 0) is 36.2 Å². The molecule has 8 nitrogen and oxygen atoms in total. The Morgan fingerprint density at radius 2 is 1.59 bits per heavy atom. The maximum Gasteiger partial charge on any atom is 0.276 e. The van der Waals surface area contributed by atoms with E-state index in [9.17, 15) is 18.0 Å². The first-order chi connectivity index (χ1) is 13.9. The summed E-state index contributed by atoms with van der Waals surface area (Å²) in [7, 11) is -3.16. The second-order valence-corrected chi connectivity index (χ2v) is 8.90. The molecule has 3 rings (SSSR count). The summed E-state index contributed by atoms with van der Waals surface area (Å²) < 4.78 is 33.8. The van der Waals surface area contributed by atoms with E-state index < -0.39 is 27.6 Å². The highest BCUT2D eigenvalue weighted by Crippen LogP contribution is 2.19. The van der Waals surface area contributed by atoms with Gasteiger partial charge in [0.05, 0.1) is 17.4 Å². The first-order valence-corrected chi connectivity index (χ1v) is 10.9. The fourth-order valence-corrected chi connectivity index (χ4v) is 4.53. The Morgan fingerprint density at radius 3 is 2.21 bits per heavy atom. The van der Waals surface area contributed by atoms with E-state index in [1.54, 1.807) is 24.3 Å². The van der Waals surface area contributed by atoms with Crippen molar-refractivity contribution in [3.05, 3.63) is 60.2 Å². The fraction of sp³-hybridized carbons (Fsp3) is 0.300. The summed E-state index contributed by atoms with van der Waals surface area (Å²) in [4.78, 5) is 23.7. The molecule has 1 aliphatic heterocycles. The molecule has 1 saturated heterocycles. The van der Waals surface area contributed by atoms with E-state index in [0.717, 1.165) is 5.56 Å². The van der Waals surface area contributed by atoms with Crippen LogP contribution in [0.2, 0.25) is 0 Å². The normalized spacial score (nSPS) is 17.3. The summed E-state index contributed by atoms with van der Waals surface area (Å²) in [5.74, 6) is -0.755. The Morgan fingerprint density at radius 1 is 0.931 bits per heavy atom. The molecule has 0 saturated carbocycles. The van der Waals surface area contributed by atoms with Crippen LogP contribution in [0.3, 0.4) is 0 Å². The molecule has 1 heterocycles. The number of rotatable bonds is 7. The average Bonchev–Trinajstić information content (AvgIpc) is 3.10. The van der Waals surface area contributed by atoms with Crippen molar-refractivity contribution < 1.29 is 27.5 Å². The lowest BCUT2D eigenvalue weighted by atomic mass is 10.1. The van der Waals surface area contributed by atoms with Crippen LogP contribution >= 0.6 is 0 Å². The predicted molar refractivity (Wildman–Crippen MR) is 106 cm³/mol. The van der Waals surface area contributed by atoms with Crippen molar-refractivity contribution in [3.8, 4) is 11.5 Å². The molecule has 9 heteroatoms. The molecular formula is C20H22N2O6S. The lowest BCUT2D eigenvalue weighted by Gasteiger charge is -2.11. The van der Waals surface area contributed by atoms with Crippen molar-refractivity contribution in [2.75, 3.05) is 18.1 Å². The highest BCUT2D eigenvalue weighted by molar-refractivity contribution is 7.91. The molecule has 0 unspecified atom stereocenters. The molecule has 0 aliphatic carbocycles. The summed E-state index contributed by atoms with van der Waals surface area (Å²) in [6, 6.07) is 16.6. The van der Waals surface area contributed by atoms with Gasteiger partial charge in [0.25, 0.3) is 5.91 Å². The summed E-state index contributed by atoms with van der Waals surface area (Å²) in [6.07, 6.45) is 0.263. The third kappa shape index (κ3) is 6.49. The van der Waals surface area contributed by atoms with Gasteiger partial charge in [-0.25, -0.2) is 8.42 Å². The molecule has 2 aromatic carbocycles. The average molecular weight is 418 g/mol. The van der Waals surface area contributed by atoms with Gasteiger partial charge >= 0.3 is 0 Å². The second-order valence-electron chi connectivity index (χ2n) is 6.67. The SMILES string of the molecule is O=C(COc1ccc(OCc2ccccc2)cc1)NNC(=O)[C@@H]1CCS(=O)(=O)C1. The molecule has 1 aliphatic rings. The Bertz CT molecular complexity index is 945. The van der Waals surface area contributed by atoms with E-state index >= 15 is 0 Å². The van der Waals surface area contributed by atoms with Crippen LogP contribution in [0.5, 0.6) is 11.5 Å². The van der Waals surface area contributed by atoms with Crippen molar-refractivity contribution in [1.82, 2.24) is 10.9 Å². The van der Waals surface area contributed by atoms with E-state index in [1.807, 2.05) is 30.3 Å². The summed E-state index contributed by atoms with van der Waals surface area (Å²) in [6.45, 7) is 0.152. The van der Waals surface area contributed by atoms with Gasteiger partial charge in [-0.1, -0.05) is 30.3 Å². The van der Waals surface area contributed by atoms with Gasteiger partial charge in [-0.15, -0.1) is 0 Å². The predicted octanol–water partition coefficient (Wildman–Crippen LogP) is 1.23. The summed E-state index contributed by atoms with van der Waals surface area (Å²) in [5.41, 5.74) is 5.52. The minimum absolute atomic E-state index is 0.00674. The molecule has 2 N–H and O–H groups in total. The Hall–Kier alpha value is -3.07. The van der Waals surface area contributed by atoms with Crippen LogP contribution < -0.4 is 20.3 Å². The highest BCUT2D eigenvalue weighted by Gasteiger charge is 2.33. The lowest BCUT2D eigenvalue weighted by Crippen LogP contribution is -2.46. The van der Waals surface area contributed by atoms with Crippen molar-refractivity contribution in [1.29, 1.82) is 0 Å². The van der Waals surface area contributed by atoms with E-state index in [0.29, 0.717) is 18.1 Å². The molecule has 154 valence electrons. The largest absolute Gasteiger partial charge is 0.489 e. The van der Waals surface area contributed by atoms with Crippen molar-refractivity contribution in [2.24, 2.45) is 5.92 Å². The van der Waals surface area contributed by atoms with Crippen molar-refractivity contribution >= 4 is 21.7 Å². The maximum absolute atomic E-state index is 11.9. The van der Waals surface area contributed by atoms with Gasteiger partial charge < -0.3 is 9.47 Å². The maximum atomic E-state index is 11.9. The molecule has 1 atom stereocenters. The Labute approximate surface area is 169 Å². The molecule has 2 aromatic rings. The Balaban J connectivity index is 1.37. The van der Waals surface area contributed by atoms with E-state index in [2.05, 4.69) is 10.9 Å². The number of sulfone groups is 1. The number of carbonyl (C=O) groups is 2. The van der Waals surface area contributed by atoms with Crippen LogP contribution in [0.1, 0.15) is 12.0 Å². The lowest BCUT2D eigenvalue weighted by molar-refractivity contribution is -0.131. The highest BCUT2D eigenvalue weighted by atomic mass is 32.2. The minimum Gasteiger partial charge on any atom is -0.489 e. The minimum atomic E-state index is -3.16. The molecule has 1 fully saturated rings. The quantitative estimate of drug-likeness (QED) is 0.655. The van der Waals surface area contributed by atoms with Gasteiger partial charge in [0.2, 0.25) is 5.91 Å². The molecule has 2 amide bonds. The molecule has 29 heavy (non-hydrogen) atoms. The van der Waals surface area contributed by atoms with Gasteiger partial charge in [0.1, 0.15) is 18.1 Å². The van der Waals surface area contributed by atoms with Gasteiger partial charge in [-0.3, -0.25) is 20.4 Å². The number of hydrogen-bond acceptors (Lipinski definition) is 6. The molecular weight excluding hydrogens is 396 g/mol. The van der Waals surface area contributed by atoms with E-state index in [-0.39, 0.29) is 24.5 Å². The number of amides is 2. The zero-order chi connectivity index (χ0) is 20.7. The number of hydrogen-bond donors (Lipinski definition) is 2. The zero-order valence-corrected chi connectivity index (χ0v) is 16.5. The fourth-order valence-electron chi connectivity index (χ4n) is 2.79. The Kier molecular flexibility index (Phi) is 6.71. The topological polar surface area (TPSA) is 111 Å². The third-order valence-corrected chi connectivity index (χ3v) is 6.14. The number of nitrogens with one attached hydrogen (secondary N) is 2. The zero-order valence-electron chi connectivity index (χ0n) is 15.7. The van der Waals surface area contributed by atoms with Crippen LogP contribution in [0.25, 0.3) is 0 Å². The number of hydrazine groups is 1. The van der Waals surface area contributed by atoms with Crippen molar-refractivity contribution in [3.63, 3.8) is 0 Å². The van der Waals surface area contributed by atoms with E-state index in [1.165, 1.54) is 0 Å². The second kappa shape index (κ2) is 9.42. The van der Waals surface area contributed by atoms with Crippen LogP contribution in [-0.2, 0) is 26.0 Å². The van der Waals surface area contributed by atoms with Gasteiger partial charge in [0, 0.05) is 0 Å². The van der Waals surface area contributed by atoms with Crippen molar-refractivity contribution in [2.45, 2.75) is 13.0 Å². The van der Waals surface area contributed by atoms with Gasteiger partial charge in [0.15, 0.2) is 16.4 Å². The van der Waals surface area contributed by atoms with Crippen LogP contribution in [0, 0.1) is 5.92 Å².